The van der Waals surface area contributed by atoms with Crippen LogP contribution in [-0.4, -0.2) is 37.2 Å². The van der Waals surface area contributed by atoms with E-state index in [0.717, 1.165) is 116 Å². The van der Waals surface area contributed by atoms with Crippen LogP contribution >= 0.6 is 0 Å². The van der Waals surface area contributed by atoms with E-state index in [1.54, 1.807) is 0 Å². The Kier molecular flexibility index (Phi) is 48.5. The minimum Gasteiger partial charge on any atom is -0.462 e. The topological polar surface area (TPSA) is 78.9 Å². The number of carbonyl (C=O) groups is 3. The van der Waals surface area contributed by atoms with Crippen molar-refractivity contribution < 1.29 is 28.6 Å². The van der Waals surface area contributed by atoms with Crippen molar-refractivity contribution in [2.24, 2.45) is 0 Å². The van der Waals surface area contributed by atoms with Gasteiger partial charge in [-0.05, 0) is 109 Å². The fourth-order valence-electron chi connectivity index (χ4n) is 6.68. The van der Waals surface area contributed by atoms with E-state index in [2.05, 4.69) is 118 Å². The number of carbonyl (C=O) groups excluding carboxylic acids is 3. The fraction of sp³-hybridized carbons (Fsp3) is 0.638. The third-order valence-electron chi connectivity index (χ3n) is 10.5. The van der Waals surface area contributed by atoms with Gasteiger partial charge in [0.2, 0.25) is 0 Å². The van der Waals surface area contributed by atoms with E-state index in [1.807, 2.05) is 12.2 Å². The number of hydrogen-bond acceptors (Lipinski definition) is 6. The molecule has 0 N–H and O–H groups in total. The number of unbranched alkanes of at least 4 members (excludes halogenated alkanes) is 16. The van der Waals surface area contributed by atoms with E-state index >= 15 is 0 Å². The summed E-state index contributed by atoms with van der Waals surface area (Å²) in [5.41, 5.74) is 0. The van der Waals surface area contributed by atoms with E-state index < -0.39 is 6.10 Å². The Morgan fingerprint density at radius 1 is 0.328 bits per heavy atom. The summed E-state index contributed by atoms with van der Waals surface area (Å²) >= 11 is 0. The fourth-order valence-corrected chi connectivity index (χ4v) is 6.68. The molecule has 0 saturated carbocycles. The Balaban J connectivity index is 4.53. The monoisotopic (exact) mass is 887 g/mol. The summed E-state index contributed by atoms with van der Waals surface area (Å²) in [6.45, 7) is 6.30. The molecule has 0 aliphatic heterocycles. The molecule has 0 radical (unpaired) electrons. The molecule has 0 fully saturated rings. The highest BCUT2D eigenvalue weighted by Gasteiger charge is 2.19. The first-order valence-electron chi connectivity index (χ1n) is 25.9. The van der Waals surface area contributed by atoms with Gasteiger partial charge < -0.3 is 14.2 Å². The number of allylic oxidation sites excluding steroid dienone is 18. The normalized spacial score (nSPS) is 13.0. The van der Waals surface area contributed by atoms with Crippen LogP contribution in [0.25, 0.3) is 0 Å². The average Bonchev–Trinajstić information content (AvgIpc) is 3.29. The van der Waals surface area contributed by atoms with Crippen LogP contribution in [0.3, 0.4) is 0 Å². The molecule has 0 heterocycles. The first-order chi connectivity index (χ1) is 31.5. The predicted molar refractivity (Wildman–Crippen MR) is 274 cm³/mol. The van der Waals surface area contributed by atoms with Crippen molar-refractivity contribution in [2.75, 3.05) is 13.2 Å². The van der Waals surface area contributed by atoms with Crippen LogP contribution in [0.4, 0.5) is 0 Å². The summed E-state index contributed by atoms with van der Waals surface area (Å²) in [5.74, 6) is -1.04. The van der Waals surface area contributed by atoms with Crippen LogP contribution in [0, 0.1) is 0 Å². The Bertz CT molecular complexity index is 1340. The molecule has 0 amide bonds. The third-order valence-corrected chi connectivity index (χ3v) is 10.5. The smallest absolute Gasteiger partial charge is 0.306 e. The largest absolute Gasteiger partial charge is 0.462 e. The van der Waals surface area contributed by atoms with Crippen molar-refractivity contribution in [1.29, 1.82) is 0 Å². The lowest BCUT2D eigenvalue weighted by Crippen LogP contribution is -2.30. The lowest BCUT2D eigenvalue weighted by molar-refractivity contribution is -0.166. The van der Waals surface area contributed by atoms with Gasteiger partial charge in [0.15, 0.2) is 6.10 Å². The van der Waals surface area contributed by atoms with E-state index in [0.29, 0.717) is 19.3 Å². The second-order valence-electron chi connectivity index (χ2n) is 16.7. The molecule has 362 valence electrons. The van der Waals surface area contributed by atoms with Gasteiger partial charge in [0, 0.05) is 19.3 Å². The minimum absolute atomic E-state index is 0.118. The molecule has 0 aromatic carbocycles. The number of hydrogen-bond donors (Lipinski definition) is 0. The molecule has 0 spiro atoms. The van der Waals surface area contributed by atoms with Gasteiger partial charge in [-0.1, -0.05) is 201 Å². The highest BCUT2D eigenvalue weighted by molar-refractivity contribution is 5.71. The van der Waals surface area contributed by atoms with Gasteiger partial charge in [-0.15, -0.1) is 0 Å². The van der Waals surface area contributed by atoms with Gasteiger partial charge in [0.1, 0.15) is 13.2 Å². The molecular formula is C58H94O6. The highest BCUT2D eigenvalue weighted by Crippen LogP contribution is 2.13. The number of rotatable bonds is 45. The van der Waals surface area contributed by atoms with Gasteiger partial charge in [0.05, 0.1) is 0 Å². The lowest BCUT2D eigenvalue weighted by Gasteiger charge is -2.18. The zero-order chi connectivity index (χ0) is 46.5. The molecule has 6 heteroatoms. The molecule has 0 rings (SSSR count). The quantitative estimate of drug-likeness (QED) is 0.0262. The Hall–Kier alpha value is -3.93. The molecule has 0 aliphatic carbocycles. The summed E-state index contributed by atoms with van der Waals surface area (Å²) in [6, 6.07) is 0. The molecule has 64 heavy (non-hydrogen) atoms. The van der Waals surface area contributed by atoms with E-state index in [9.17, 15) is 14.4 Å². The maximum atomic E-state index is 12.8. The summed E-state index contributed by atoms with van der Waals surface area (Å²) in [6.07, 6.45) is 69.4. The van der Waals surface area contributed by atoms with Crippen LogP contribution < -0.4 is 0 Å². The Labute approximate surface area is 393 Å². The van der Waals surface area contributed by atoms with Gasteiger partial charge in [-0.2, -0.15) is 0 Å². The van der Waals surface area contributed by atoms with Crippen molar-refractivity contribution in [2.45, 2.75) is 226 Å². The summed E-state index contributed by atoms with van der Waals surface area (Å²) in [4.78, 5) is 37.9. The Morgan fingerprint density at radius 3 is 1.06 bits per heavy atom. The summed E-state index contributed by atoms with van der Waals surface area (Å²) in [5, 5.41) is 0. The minimum atomic E-state index is -0.822. The predicted octanol–water partition coefficient (Wildman–Crippen LogP) is 17.1. The standard InChI is InChI=1S/C58H94O6/c1-4-7-10-13-16-19-22-25-27-29-31-33-36-39-42-45-48-51-57(60)63-54-55(53-62-56(59)50-47-44-41-38-35-32-24-21-18-15-12-9-6-3)64-58(61)52-49-46-43-40-37-34-30-28-26-23-20-17-14-11-8-5-2/h7,9-10,12,16,18-19,21,25,27-28,30-33,35,41,44,55H,4-6,8,11,13-15,17,20,22-24,26,29,34,36-40,42-43,45-54H2,1-3H3/b10-7-,12-9-,19-16-,21-18-,27-25-,30-28-,33-31-,35-32-,44-41-. The van der Waals surface area contributed by atoms with Crippen LogP contribution in [0.5, 0.6) is 0 Å². The molecule has 1 atom stereocenters. The van der Waals surface area contributed by atoms with Crippen LogP contribution in [0.2, 0.25) is 0 Å². The van der Waals surface area contributed by atoms with Gasteiger partial charge in [0.25, 0.3) is 0 Å². The van der Waals surface area contributed by atoms with E-state index in [1.165, 1.54) is 57.8 Å². The lowest BCUT2D eigenvalue weighted by atomic mass is 10.1. The zero-order valence-electron chi connectivity index (χ0n) is 41.3. The van der Waals surface area contributed by atoms with Crippen molar-refractivity contribution >= 4 is 17.9 Å². The molecule has 0 bridgehead atoms. The SMILES string of the molecule is CC/C=C\C/C=C\C/C=C\C/C=C\CCCCCCC(=O)OCC(COC(=O)CC/C=C\C/C=C\C/C=C\C/C=C\CC)OC(=O)CCCCCCC/C=C\CCCCCCCCC. The first kappa shape index (κ1) is 60.1. The maximum absolute atomic E-state index is 12.8. The highest BCUT2D eigenvalue weighted by atomic mass is 16.6. The summed E-state index contributed by atoms with van der Waals surface area (Å²) in [7, 11) is 0. The Morgan fingerprint density at radius 2 is 0.641 bits per heavy atom. The van der Waals surface area contributed by atoms with Crippen molar-refractivity contribution in [1.82, 2.24) is 0 Å². The van der Waals surface area contributed by atoms with Crippen molar-refractivity contribution in [3.63, 3.8) is 0 Å². The van der Waals surface area contributed by atoms with Gasteiger partial charge >= 0.3 is 17.9 Å². The second-order valence-corrected chi connectivity index (χ2v) is 16.7. The molecule has 0 saturated heterocycles. The molecule has 0 aromatic rings. The number of ether oxygens (including phenoxy) is 3. The molecule has 0 aromatic heterocycles. The average molecular weight is 887 g/mol. The van der Waals surface area contributed by atoms with E-state index in [4.69, 9.17) is 14.2 Å². The second kappa shape index (κ2) is 51.7. The van der Waals surface area contributed by atoms with Gasteiger partial charge in [-0.25, -0.2) is 0 Å². The molecule has 6 nitrogen and oxygen atoms in total. The molecule has 0 aliphatic rings. The van der Waals surface area contributed by atoms with Crippen molar-refractivity contribution in [3.8, 4) is 0 Å². The molecular weight excluding hydrogens is 793 g/mol. The molecule has 1 unspecified atom stereocenters. The van der Waals surface area contributed by atoms with Crippen LogP contribution in [-0.2, 0) is 28.6 Å². The zero-order valence-corrected chi connectivity index (χ0v) is 41.3. The number of esters is 3. The van der Waals surface area contributed by atoms with E-state index in [-0.39, 0.29) is 37.5 Å². The van der Waals surface area contributed by atoms with Crippen LogP contribution in [0.15, 0.2) is 109 Å². The first-order valence-corrected chi connectivity index (χ1v) is 25.9. The summed E-state index contributed by atoms with van der Waals surface area (Å²) < 4.78 is 16.7. The third kappa shape index (κ3) is 49.1. The van der Waals surface area contributed by atoms with Crippen LogP contribution in [0.1, 0.15) is 220 Å². The van der Waals surface area contributed by atoms with Crippen molar-refractivity contribution in [3.05, 3.63) is 109 Å². The maximum Gasteiger partial charge on any atom is 0.306 e. The van der Waals surface area contributed by atoms with Gasteiger partial charge in [-0.3, -0.25) is 14.4 Å².